The van der Waals surface area contributed by atoms with Gasteiger partial charge in [0.2, 0.25) is 10.0 Å². The number of hydrogen-bond acceptors (Lipinski definition) is 7. The molecule has 196 valence electrons. The standard InChI is InChI=1S/C26H35N3O5S2/c1-16-8-7-13-29(15-16)36(32,33)18-11-9-17(10-12-18)22(30)27-23-20(24(31)34-6)19-14-25(2,3)28-26(4,5)21(19)35-23/h9-12,16,28H,7-8,13-15H2,1-6H3,(H,27,30)/t16-/m1/s1. The highest BCUT2D eigenvalue weighted by Gasteiger charge is 2.42. The summed E-state index contributed by atoms with van der Waals surface area (Å²) < 4.78 is 32.7. The molecule has 0 spiro atoms. The normalized spacial score (nSPS) is 21.4. The summed E-state index contributed by atoms with van der Waals surface area (Å²) in [7, 11) is -2.28. The van der Waals surface area contributed by atoms with Crippen molar-refractivity contribution in [1.82, 2.24) is 9.62 Å². The van der Waals surface area contributed by atoms with Crippen molar-refractivity contribution in [2.75, 3.05) is 25.5 Å². The number of anilines is 1. The van der Waals surface area contributed by atoms with Crippen molar-refractivity contribution in [3.8, 4) is 0 Å². The lowest BCUT2D eigenvalue weighted by atomic mass is 9.81. The Balaban J connectivity index is 1.61. The van der Waals surface area contributed by atoms with Crippen molar-refractivity contribution in [2.45, 2.75) is 69.9 Å². The third-order valence-electron chi connectivity index (χ3n) is 6.83. The molecule has 4 rings (SSSR count). The molecule has 1 atom stereocenters. The molecule has 0 radical (unpaired) electrons. The van der Waals surface area contributed by atoms with Crippen LogP contribution in [-0.4, -0.2) is 50.3 Å². The number of carbonyl (C=O) groups excluding carboxylic acids is 2. The van der Waals surface area contributed by atoms with Crippen LogP contribution in [0.1, 0.15) is 78.6 Å². The largest absolute Gasteiger partial charge is 0.465 e. The molecule has 0 saturated carbocycles. The van der Waals surface area contributed by atoms with Gasteiger partial charge in [0.25, 0.3) is 5.91 Å². The monoisotopic (exact) mass is 533 g/mol. The summed E-state index contributed by atoms with van der Waals surface area (Å²) in [5.41, 5.74) is 0.936. The molecular formula is C26H35N3O5S2. The zero-order valence-electron chi connectivity index (χ0n) is 21.7. The topological polar surface area (TPSA) is 105 Å². The summed E-state index contributed by atoms with van der Waals surface area (Å²) >= 11 is 1.36. The van der Waals surface area contributed by atoms with E-state index in [0.29, 0.717) is 41.6 Å². The van der Waals surface area contributed by atoms with Crippen molar-refractivity contribution in [2.24, 2.45) is 5.92 Å². The highest BCUT2D eigenvalue weighted by atomic mass is 32.2. The van der Waals surface area contributed by atoms with Gasteiger partial charge in [0.05, 0.1) is 17.6 Å². The van der Waals surface area contributed by atoms with Gasteiger partial charge in [-0.05, 0) is 82.7 Å². The van der Waals surface area contributed by atoms with Crippen molar-refractivity contribution < 1.29 is 22.7 Å². The highest BCUT2D eigenvalue weighted by Crippen LogP contribution is 2.45. The molecule has 1 fully saturated rings. The fourth-order valence-corrected chi connectivity index (χ4v) is 8.26. The fourth-order valence-electron chi connectivity index (χ4n) is 5.40. The van der Waals surface area contributed by atoms with Crippen LogP contribution in [0, 0.1) is 5.92 Å². The number of esters is 1. The Bertz CT molecular complexity index is 1280. The van der Waals surface area contributed by atoms with Gasteiger partial charge in [0, 0.05) is 34.6 Å². The van der Waals surface area contributed by atoms with Gasteiger partial charge in [-0.1, -0.05) is 6.92 Å². The molecule has 1 amide bonds. The van der Waals surface area contributed by atoms with Crippen molar-refractivity contribution in [3.05, 3.63) is 45.8 Å². The first kappa shape index (κ1) is 26.8. The van der Waals surface area contributed by atoms with E-state index in [1.807, 2.05) is 0 Å². The van der Waals surface area contributed by atoms with Crippen LogP contribution in [0.2, 0.25) is 0 Å². The number of fused-ring (bicyclic) bond motifs is 1. The van der Waals surface area contributed by atoms with Gasteiger partial charge in [-0.15, -0.1) is 11.3 Å². The van der Waals surface area contributed by atoms with Crippen LogP contribution in [-0.2, 0) is 26.7 Å². The van der Waals surface area contributed by atoms with Gasteiger partial charge >= 0.3 is 5.97 Å². The minimum atomic E-state index is -3.61. The average Bonchev–Trinajstić information content (AvgIpc) is 3.15. The number of rotatable bonds is 5. The third kappa shape index (κ3) is 5.09. The minimum absolute atomic E-state index is 0.171. The molecule has 1 saturated heterocycles. The van der Waals surface area contributed by atoms with E-state index in [-0.39, 0.29) is 10.4 Å². The molecule has 0 unspecified atom stereocenters. The van der Waals surface area contributed by atoms with E-state index in [1.54, 1.807) is 0 Å². The Hall–Kier alpha value is -2.27. The molecule has 8 nitrogen and oxygen atoms in total. The van der Waals surface area contributed by atoms with E-state index in [0.717, 1.165) is 23.3 Å². The zero-order chi connectivity index (χ0) is 26.5. The van der Waals surface area contributed by atoms with E-state index in [2.05, 4.69) is 45.3 Å². The molecule has 2 aliphatic rings. The highest BCUT2D eigenvalue weighted by molar-refractivity contribution is 7.89. The number of amides is 1. The Morgan fingerprint density at radius 2 is 1.83 bits per heavy atom. The molecule has 36 heavy (non-hydrogen) atoms. The van der Waals surface area contributed by atoms with E-state index in [1.165, 1.54) is 47.0 Å². The van der Waals surface area contributed by atoms with Gasteiger partial charge in [-0.25, -0.2) is 13.2 Å². The lowest BCUT2D eigenvalue weighted by Crippen LogP contribution is -2.55. The summed E-state index contributed by atoms with van der Waals surface area (Å²) in [6.07, 6.45) is 2.48. The molecule has 0 bridgehead atoms. The van der Waals surface area contributed by atoms with E-state index < -0.39 is 27.4 Å². The molecule has 10 heteroatoms. The zero-order valence-corrected chi connectivity index (χ0v) is 23.4. The predicted molar refractivity (Wildman–Crippen MR) is 141 cm³/mol. The molecule has 2 aliphatic heterocycles. The minimum Gasteiger partial charge on any atom is -0.465 e. The Morgan fingerprint density at radius 1 is 1.17 bits per heavy atom. The lowest BCUT2D eigenvalue weighted by Gasteiger charge is -2.42. The molecule has 3 heterocycles. The van der Waals surface area contributed by atoms with Crippen LogP contribution >= 0.6 is 11.3 Å². The second kappa shape index (κ2) is 9.55. The second-order valence-electron chi connectivity index (χ2n) is 11.0. The quantitative estimate of drug-likeness (QED) is 0.553. The number of sulfonamides is 1. The molecule has 1 aromatic heterocycles. The number of thiophene rings is 1. The summed E-state index contributed by atoms with van der Waals surface area (Å²) in [5, 5.41) is 6.92. The van der Waals surface area contributed by atoms with Gasteiger partial charge in [0.1, 0.15) is 5.00 Å². The van der Waals surface area contributed by atoms with Gasteiger partial charge in [-0.2, -0.15) is 4.31 Å². The SMILES string of the molecule is COC(=O)c1c(NC(=O)c2ccc(S(=O)(=O)N3CCC[C@@H](C)C3)cc2)sc2c1CC(C)(C)NC2(C)C. The first-order valence-electron chi connectivity index (χ1n) is 12.2. The van der Waals surface area contributed by atoms with Crippen LogP contribution in [0.4, 0.5) is 5.00 Å². The van der Waals surface area contributed by atoms with Crippen LogP contribution in [0.3, 0.4) is 0 Å². The number of ether oxygens (including phenoxy) is 1. The van der Waals surface area contributed by atoms with Crippen molar-refractivity contribution in [1.29, 1.82) is 0 Å². The Morgan fingerprint density at radius 3 is 2.44 bits per heavy atom. The first-order chi connectivity index (χ1) is 16.7. The second-order valence-corrected chi connectivity index (χ2v) is 14.0. The van der Waals surface area contributed by atoms with E-state index in [4.69, 9.17) is 4.74 Å². The number of piperidine rings is 1. The molecule has 0 aliphatic carbocycles. The van der Waals surface area contributed by atoms with Crippen LogP contribution in [0.5, 0.6) is 0 Å². The van der Waals surface area contributed by atoms with Gasteiger partial charge in [-0.3, -0.25) is 4.79 Å². The predicted octanol–water partition coefficient (Wildman–Crippen LogP) is 4.37. The third-order valence-corrected chi connectivity index (χ3v) is 10.2. The molecular weight excluding hydrogens is 498 g/mol. The number of hydrogen-bond donors (Lipinski definition) is 2. The van der Waals surface area contributed by atoms with Gasteiger partial charge in [0.15, 0.2) is 0 Å². The first-order valence-corrected chi connectivity index (χ1v) is 14.5. The van der Waals surface area contributed by atoms with Gasteiger partial charge < -0.3 is 15.4 Å². The Kier molecular flexibility index (Phi) is 7.11. The van der Waals surface area contributed by atoms with Crippen LogP contribution in [0.25, 0.3) is 0 Å². The lowest BCUT2D eigenvalue weighted by molar-refractivity contribution is 0.0600. The summed E-state index contributed by atoms with van der Waals surface area (Å²) in [6.45, 7) is 11.3. The smallest absolute Gasteiger partial charge is 0.341 e. The number of nitrogens with one attached hydrogen (secondary N) is 2. The fraction of sp³-hybridized carbons (Fsp3) is 0.538. The maximum absolute atomic E-state index is 13.2. The number of carbonyl (C=O) groups is 2. The number of methoxy groups -OCH3 is 1. The summed E-state index contributed by atoms with van der Waals surface area (Å²) in [4.78, 5) is 27.1. The van der Waals surface area contributed by atoms with Crippen molar-refractivity contribution in [3.63, 3.8) is 0 Å². The molecule has 2 N–H and O–H groups in total. The summed E-state index contributed by atoms with van der Waals surface area (Å²) in [5.74, 6) is -0.585. The average molecular weight is 534 g/mol. The maximum Gasteiger partial charge on any atom is 0.341 e. The summed E-state index contributed by atoms with van der Waals surface area (Å²) in [6, 6.07) is 5.96. The van der Waals surface area contributed by atoms with Crippen LogP contribution in [0.15, 0.2) is 29.2 Å². The number of benzene rings is 1. The molecule has 1 aromatic carbocycles. The van der Waals surface area contributed by atoms with Crippen LogP contribution < -0.4 is 10.6 Å². The molecule has 2 aromatic rings. The Labute approximate surface area is 217 Å². The van der Waals surface area contributed by atoms with Crippen molar-refractivity contribution >= 4 is 38.2 Å². The van der Waals surface area contributed by atoms with E-state index >= 15 is 0 Å². The maximum atomic E-state index is 13.2. The van der Waals surface area contributed by atoms with E-state index in [9.17, 15) is 18.0 Å². The number of nitrogens with zero attached hydrogens (tertiary/aromatic N) is 1.